The lowest BCUT2D eigenvalue weighted by Gasteiger charge is -2.12. The van der Waals surface area contributed by atoms with Crippen molar-refractivity contribution in [3.63, 3.8) is 0 Å². The number of pyridine rings is 2. The molecule has 0 saturated carbocycles. The van der Waals surface area contributed by atoms with Gasteiger partial charge in [-0.25, -0.2) is 14.8 Å². The smallest absolute Gasteiger partial charge is 0.255 e. The maximum atomic E-state index is 13.4. The van der Waals surface area contributed by atoms with Crippen LogP contribution in [0.1, 0.15) is 27.2 Å². The fourth-order valence-electron chi connectivity index (χ4n) is 2.79. The highest BCUT2D eigenvalue weighted by molar-refractivity contribution is 5.99. The largest absolute Gasteiger partial charge is 0.369 e. The zero-order valence-electron chi connectivity index (χ0n) is 16.5. The molecule has 0 bridgehead atoms. The summed E-state index contributed by atoms with van der Waals surface area (Å²) in [4.78, 5) is 21.2. The molecule has 9 heteroatoms. The standard InChI is InChI=1S/C22H20FN7O/c23-18-5-1-3-16(11-18)8-10-26-21-20(7-6-19(30-21)14-28-29-15-24)22(31)27-13-17-4-2-9-25-12-17/h1-7,9,11-12,14,29H,8,10,13H2,(H,26,30)(H,27,31). The van der Waals surface area contributed by atoms with E-state index in [-0.39, 0.29) is 11.7 Å². The van der Waals surface area contributed by atoms with Crippen molar-refractivity contribution in [3.8, 4) is 6.19 Å². The van der Waals surface area contributed by atoms with Crippen LogP contribution in [0.5, 0.6) is 0 Å². The Hall–Kier alpha value is -4.32. The highest BCUT2D eigenvalue weighted by Crippen LogP contribution is 2.14. The number of anilines is 1. The third-order valence-electron chi connectivity index (χ3n) is 4.24. The zero-order chi connectivity index (χ0) is 21.9. The number of benzene rings is 1. The van der Waals surface area contributed by atoms with Gasteiger partial charge in [0.05, 0.1) is 17.5 Å². The second-order valence-corrected chi connectivity index (χ2v) is 6.46. The third-order valence-corrected chi connectivity index (χ3v) is 4.24. The molecule has 0 spiro atoms. The summed E-state index contributed by atoms with van der Waals surface area (Å²) in [7, 11) is 0. The van der Waals surface area contributed by atoms with Crippen LogP contribution in [0.25, 0.3) is 0 Å². The molecule has 3 rings (SSSR count). The molecule has 0 aliphatic heterocycles. The van der Waals surface area contributed by atoms with Crippen molar-refractivity contribution in [3.05, 3.63) is 89.1 Å². The Labute approximate surface area is 178 Å². The monoisotopic (exact) mass is 417 g/mol. The number of hydrazone groups is 1. The number of hydrogen-bond acceptors (Lipinski definition) is 7. The first-order chi connectivity index (χ1) is 15.2. The molecule has 1 aromatic carbocycles. The molecule has 156 valence electrons. The van der Waals surface area contributed by atoms with E-state index in [1.807, 2.05) is 12.1 Å². The van der Waals surface area contributed by atoms with Gasteiger partial charge in [-0.3, -0.25) is 9.78 Å². The van der Waals surface area contributed by atoms with E-state index in [0.717, 1.165) is 11.1 Å². The molecule has 3 aromatic rings. The van der Waals surface area contributed by atoms with E-state index in [4.69, 9.17) is 5.26 Å². The lowest BCUT2D eigenvalue weighted by Crippen LogP contribution is -2.25. The van der Waals surface area contributed by atoms with Gasteiger partial charge in [-0.15, -0.1) is 0 Å². The number of hydrogen-bond donors (Lipinski definition) is 3. The lowest BCUT2D eigenvalue weighted by atomic mass is 10.1. The van der Waals surface area contributed by atoms with Crippen molar-refractivity contribution in [2.24, 2.45) is 5.10 Å². The van der Waals surface area contributed by atoms with E-state index < -0.39 is 0 Å². The molecule has 1 amide bonds. The topological polar surface area (TPSA) is 115 Å². The molecule has 0 atom stereocenters. The van der Waals surface area contributed by atoms with Crippen molar-refractivity contribution in [1.82, 2.24) is 20.7 Å². The van der Waals surface area contributed by atoms with E-state index in [1.165, 1.54) is 18.3 Å². The molecule has 0 unspecified atom stereocenters. The Morgan fingerprint density at radius 2 is 2.06 bits per heavy atom. The highest BCUT2D eigenvalue weighted by Gasteiger charge is 2.13. The van der Waals surface area contributed by atoms with Gasteiger partial charge in [0.1, 0.15) is 11.6 Å². The summed E-state index contributed by atoms with van der Waals surface area (Å²) in [5.41, 5.74) is 4.67. The number of carbonyl (C=O) groups excluding carboxylic acids is 1. The maximum Gasteiger partial charge on any atom is 0.255 e. The minimum absolute atomic E-state index is 0.297. The normalized spacial score (nSPS) is 10.5. The minimum atomic E-state index is -0.303. The second-order valence-electron chi connectivity index (χ2n) is 6.46. The Morgan fingerprint density at radius 1 is 1.19 bits per heavy atom. The van der Waals surface area contributed by atoms with Gasteiger partial charge in [-0.1, -0.05) is 18.2 Å². The molecule has 3 N–H and O–H groups in total. The maximum absolute atomic E-state index is 13.4. The fourth-order valence-corrected chi connectivity index (χ4v) is 2.79. The lowest BCUT2D eigenvalue weighted by molar-refractivity contribution is 0.0951. The summed E-state index contributed by atoms with van der Waals surface area (Å²) >= 11 is 0. The first-order valence-electron chi connectivity index (χ1n) is 9.49. The van der Waals surface area contributed by atoms with E-state index >= 15 is 0 Å². The Kier molecular flexibility index (Phi) is 7.60. The van der Waals surface area contributed by atoms with Crippen molar-refractivity contribution in [1.29, 1.82) is 5.26 Å². The number of aromatic nitrogens is 2. The van der Waals surface area contributed by atoms with E-state index in [9.17, 15) is 9.18 Å². The van der Waals surface area contributed by atoms with Crippen LogP contribution in [0.4, 0.5) is 10.2 Å². The Morgan fingerprint density at radius 3 is 2.84 bits per heavy atom. The predicted molar refractivity (Wildman–Crippen MR) is 115 cm³/mol. The van der Waals surface area contributed by atoms with Crippen LogP contribution >= 0.6 is 0 Å². The number of nitrogens with zero attached hydrogens (tertiary/aromatic N) is 4. The van der Waals surface area contributed by atoms with E-state index in [2.05, 4.69) is 31.1 Å². The van der Waals surface area contributed by atoms with Crippen LogP contribution in [-0.2, 0) is 13.0 Å². The van der Waals surface area contributed by atoms with Gasteiger partial charge in [0.2, 0.25) is 0 Å². The predicted octanol–water partition coefficient (Wildman–Crippen LogP) is 2.60. The third kappa shape index (κ3) is 6.61. The van der Waals surface area contributed by atoms with Gasteiger partial charge in [0.25, 0.3) is 5.91 Å². The van der Waals surface area contributed by atoms with Crippen LogP contribution in [-0.4, -0.2) is 28.6 Å². The number of halogens is 1. The van der Waals surface area contributed by atoms with Crippen LogP contribution in [0, 0.1) is 17.3 Å². The summed E-state index contributed by atoms with van der Waals surface area (Å²) in [5, 5.41) is 18.2. The molecule has 0 radical (unpaired) electrons. The van der Waals surface area contributed by atoms with Gasteiger partial charge in [-0.2, -0.15) is 10.4 Å². The summed E-state index contributed by atoms with van der Waals surface area (Å²) < 4.78 is 13.4. The number of nitriles is 1. The quantitative estimate of drug-likeness (QED) is 0.213. The Bertz CT molecular complexity index is 1100. The van der Waals surface area contributed by atoms with Crippen molar-refractivity contribution in [2.75, 3.05) is 11.9 Å². The molecule has 0 aliphatic rings. The van der Waals surface area contributed by atoms with Gasteiger partial charge in [0, 0.05) is 25.5 Å². The average molecular weight is 417 g/mol. The summed E-state index contributed by atoms with van der Waals surface area (Å²) in [6.07, 6.45) is 6.94. The van der Waals surface area contributed by atoms with Gasteiger partial charge in [0.15, 0.2) is 6.19 Å². The summed E-state index contributed by atoms with van der Waals surface area (Å²) in [6.45, 7) is 0.765. The highest BCUT2D eigenvalue weighted by atomic mass is 19.1. The molecular weight excluding hydrogens is 397 g/mol. The summed E-state index contributed by atoms with van der Waals surface area (Å²) in [5.74, 6) is -0.237. The molecule has 2 aromatic heterocycles. The number of rotatable bonds is 9. The van der Waals surface area contributed by atoms with E-state index in [1.54, 1.807) is 42.9 Å². The van der Waals surface area contributed by atoms with Crippen molar-refractivity contribution < 1.29 is 9.18 Å². The summed E-state index contributed by atoms with van der Waals surface area (Å²) in [6, 6.07) is 13.3. The number of amides is 1. The average Bonchev–Trinajstić information content (AvgIpc) is 2.79. The molecule has 8 nitrogen and oxygen atoms in total. The first kappa shape index (κ1) is 21.4. The van der Waals surface area contributed by atoms with Crippen LogP contribution in [0.3, 0.4) is 0 Å². The molecule has 0 saturated heterocycles. The second kappa shape index (κ2) is 11.0. The SMILES string of the molecule is N#CNN=Cc1ccc(C(=O)NCc2cccnc2)c(NCCc2cccc(F)c2)n1. The molecule has 0 fully saturated rings. The van der Waals surface area contributed by atoms with Crippen molar-refractivity contribution in [2.45, 2.75) is 13.0 Å². The van der Waals surface area contributed by atoms with Crippen LogP contribution in [0.2, 0.25) is 0 Å². The zero-order valence-corrected chi connectivity index (χ0v) is 16.5. The Balaban J connectivity index is 1.73. The molecule has 2 heterocycles. The van der Waals surface area contributed by atoms with Crippen LogP contribution in [0.15, 0.2) is 66.0 Å². The van der Waals surface area contributed by atoms with Gasteiger partial charge in [-0.05, 0) is 47.9 Å². The molecule has 0 aliphatic carbocycles. The number of nitrogens with one attached hydrogen (secondary N) is 3. The molecule has 31 heavy (non-hydrogen) atoms. The van der Waals surface area contributed by atoms with Gasteiger partial charge < -0.3 is 10.6 Å². The van der Waals surface area contributed by atoms with Crippen molar-refractivity contribution >= 4 is 17.9 Å². The van der Waals surface area contributed by atoms with Crippen LogP contribution < -0.4 is 16.1 Å². The first-order valence-corrected chi connectivity index (χ1v) is 9.49. The van der Waals surface area contributed by atoms with E-state index in [0.29, 0.717) is 36.6 Å². The van der Waals surface area contributed by atoms with Gasteiger partial charge >= 0.3 is 0 Å². The minimum Gasteiger partial charge on any atom is -0.369 e. The number of carbonyl (C=O) groups is 1. The fraction of sp³-hybridized carbons (Fsp3) is 0.136. The molecular formula is C22H20FN7O.